The summed E-state index contributed by atoms with van der Waals surface area (Å²) in [5, 5.41) is 13.4. The van der Waals surface area contributed by atoms with Gasteiger partial charge in [0.15, 0.2) is 11.5 Å². The van der Waals surface area contributed by atoms with Gasteiger partial charge in [0.2, 0.25) is 0 Å². The van der Waals surface area contributed by atoms with Crippen molar-refractivity contribution >= 4 is 15.9 Å². The van der Waals surface area contributed by atoms with Crippen LogP contribution in [0, 0.1) is 0 Å². The summed E-state index contributed by atoms with van der Waals surface area (Å²) in [5.74, 6) is 0.669. The van der Waals surface area contributed by atoms with Crippen molar-refractivity contribution in [1.29, 1.82) is 0 Å². The second-order valence-corrected chi connectivity index (χ2v) is 6.77. The average Bonchev–Trinajstić information content (AvgIpc) is 2.48. The number of ether oxygens (including phenoxy) is 1. The van der Waals surface area contributed by atoms with E-state index in [1.54, 1.807) is 7.11 Å². The van der Waals surface area contributed by atoms with Crippen LogP contribution in [-0.2, 0) is 6.54 Å². The Bertz CT molecular complexity index is 472. The van der Waals surface area contributed by atoms with Crippen LogP contribution >= 0.6 is 15.9 Å². The van der Waals surface area contributed by atoms with Gasteiger partial charge in [0, 0.05) is 18.6 Å². The Kier molecular flexibility index (Phi) is 5.90. The van der Waals surface area contributed by atoms with Crippen LogP contribution in [0.15, 0.2) is 16.6 Å². The highest BCUT2D eigenvalue weighted by molar-refractivity contribution is 9.10. The van der Waals surface area contributed by atoms with Crippen molar-refractivity contribution < 1.29 is 9.84 Å². The van der Waals surface area contributed by atoms with Gasteiger partial charge in [-0.2, -0.15) is 0 Å². The molecule has 2 rings (SSSR count). The molecular weight excluding hydrogens is 332 g/mol. The van der Waals surface area contributed by atoms with Gasteiger partial charge in [-0.3, -0.25) is 0 Å². The fourth-order valence-electron chi connectivity index (χ4n) is 2.77. The van der Waals surface area contributed by atoms with Crippen LogP contribution in [0.5, 0.6) is 11.5 Å². The third-order valence-corrected chi connectivity index (χ3v) is 4.77. The van der Waals surface area contributed by atoms with E-state index < -0.39 is 0 Å². The Balaban J connectivity index is 1.88. The molecule has 1 aliphatic heterocycles. The Morgan fingerprint density at radius 1 is 1.38 bits per heavy atom. The summed E-state index contributed by atoms with van der Waals surface area (Å²) < 4.78 is 5.86. The van der Waals surface area contributed by atoms with E-state index in [1.807, 2.05) is 12.1 Å². The summed E-state index contributed by atoms with van der Waals surface area (Å²) in [4.78, 5) is 2.53. The van der Waals surface area contributed by atoms with E-state index in [-0.39, 0.29) is 5.75 Å². The van der Waals surface area contributed by atoms with E-state index in [4.69, 9.17) is 4.74 Å². The Labute approximate surface area is 135 Å². The summed E-state index contributed by atoms with van der Waals surface area (Å²) in [6.07, 6.45) is 2.38. The van der Waals surface area contributed by atoms with Gasteiger partial charge in [0.25, 0.3) is 0 Å². The van der Waals surface area contributed by atoms with E-state index in [9.17, 15) is 5.11 Å². The maximum atomic E-state index is 9.82. The van der Waals surface area contributed by atoms with Gasteiger partial charge in [-0.05, 0) is 73.4 Å². The monoisotopic (exact) mass is 356 g/mol. The van der Waals surface area contributed by atoms with Crippen LogP contribution in [0.4, 0.5) is 0 Å². The highest BCUT2D eigenvalue weighted by Gasteiger charge is 2.20. The van der Waals surface area contributed by atoms with Crippen molar-refractivity contribution in [3.63, 3.8) is 0 Å². The zero-order valence-electron chi connectivity index (χ0n) is 13.0. The first kappa shape index (κ1) is 16.6. The number of benzene rings is 1. The second kappa shape index (κ2) is 7.47. The van der Waals surface area contributed by atoms with Crippen LogP contribution < -0.4 is 10.1 Å². The number of rotatable bonds is 5. The van der Waals surface area contributed by atoms with Crippen LogP contribution in [0.1, 0.15) is 32.3 Å². The minimum absolute atomic E-state index is 0.159. The molecule has 0 saturated carbocycles. The number of hydrogen-bond acceptors (Lipinski definition) is 4. The first-order chi connectivity index (χ1) is 10.0. The first-order valence-electron chi connectivity index (χ1n) is 7.54. The molecule has 118 valence electrons. The van der Waals surface area contributed by atoms with Crippen molar-refractivity contribution in [3.8, 4) is 11.5 Å². The summed E-state index contributed by atoms with van der Waals surface area (Å²) in [6, 6.07) is 5.03. The van der Waals surface area contributed by atoms with Crippen molar-refractivity contribution in [1.82, 2.24) is 10.2 Å². The highest BCUT2D eigenvalue weighted by atomic mass is 79.9. The smallest absolute Gasteiger partial charge is 0.172 e. The number of halogens is 1. The molecule has 0 aromatic heterocycles. The van der Waals surface area contributed by atoms with Crippen LogP contribution in [0.25, 0.3) is 0 Å². The summed E-state index contributed by atoms with van der Waals surface area (Å²) in [5.41, 5.74) is 1.11. The maximum absolute atomic E-state index is 9.82. The molecule has 2 N–H and O–H groups in total. The highest BCUT2D eigenvalue weighted by Crippen LogP contribution is 2.35. The van der Waals surface area contributed by atoms with E-state index in [2.05, 4.69) is 40.0 Å². The number of hydrogen-bond donors (Lipinski definition) is 2. The summed E-state index contributed by atoms with van der Waals surface area (Å²) >= 11 is 3.36. The summed E-state index contributed by atoms with van der Waals surface area (Å²) in [7, 11) is 1.57. The predicted octanol–water partition coefficient (Wildman–Crippen LogP) is 3.13. The third kappa shape index (κ3) is 4.34. The standard InChI is InChI=1S/C16H25BrN2O2/c1-11(2)19-6-4-13(5-7-19)18-10-12-8-14(17)16(20)15(9-12)21-3/h8-9,11,13,18,20H,4-7,10H2,1-3H3. The molecule has 1 aromatic carbocycles. The topological polar surface area (TPSA) is 44.7 Å². The van der Waals surface area contributed by atoms with Crippen molar-refractivity contribution in [2.75, 3.05) is 20.2 Å². The molecule has 0 radical (unpaired) electrons. The van der Waals surface area contributed by atoms with Crippen LogP contribution in [-0.4, -0.2) is 42.3 Å². The molecule has 4 nitrogen and oxygen atoms in total. The van der Waals surface area contributed by atoms with Gasteiger partial charge >= 0.3 is 0 Å². The lowest BCUT2D eigenvalue weighted by atomic mass is 10.0. The zero-order chi connectivity index (χ0) is 15.4. The predicted molar refractivity (Wildman–Crippen MR) is 88.9 cm³/mol. The molecule has 1 saturated heterocycles. The summed E-state index contributed by atoms with van der Waals surface area (Å²) in [6.45, 7) is 7.64. The fraction of sp³-hybridized carbons (Fsp3) is 0.625. The lowest BCUT2D eigenvalue weighted by Gasteiger charge is -2.35. The van der Waals surface area contributed by atoms with Crippen molar-refractivity contribution in [2.45, 2.75) is 45.3 Å². The lowest BCUT2D eigenvalue weighted by molar-refractivity contribution is 0.161. The Hall–Kier alpha value is -0.780. The van der Waals surface area contributed by atoms with E-state index >= 15 is 0 Å². The van der Waals surface area contributed by atoms with E-state index in [0.717, 1.165) is 25.2 Å². The number of aromatic hydroxyl groups is 1. The lowest BCUT2D eigenvalue weighted by Crippen LogP contribution is -2.44. The Morgan fingerprint density at radius 2 is 2.05 bits per heavy atom. The van der Waals surface area contributed by atoms with Crippen molar-refractivity contribution in [2.24, 2.45) is 0 Å². The molecule has 1 aliphatic rings. The maximum Gasteiger partial charge on any atom is 0.172 e. The fourth-order valence-corrected chi connectivity index (χ4v) is 3.26. The van der Waals surface area contributed by atoms with Gasteiger partial charge in [0.05, 0.1) is 11.6 Å². The van der Waals surface area contributed by atoms with E-state index in [0.29, 0.717) is 22.3 Å². The largest absolute Gasteiger partial charge is 0.503 e. The second-order valence-electron chi connectivity index (χ2n) is 5.91. The molecule has 0 atom stereocenters. The number of nitrogens with one attached hydrogen (secondary N) is 1. The van der Waals surface area contributed by atoms with Crippen LogP contribution in [0.3, 0.4) is 0 Å². The number of methoxy groups -OCH3 is 1. The van der Waals surface area contributed by atoms with Crippen molar-refractivity contribution in [3.05, 3.63) is 22.2 Å². The van der Waals surface area contributed by atoms with E-state index in [1.165, 1.54) is 12.8 Å². The average molecular weight is 357 g/mol. The number of likely N-dealkylation sites (tertiary alicyclic amines) is 1. The van der Waals surface area contributed by atoms with Crippen LogP contribution in [0.2, 0.25) is 0 Å². The minimum atomic E-state index is 0.159. The van der Waals surface area contributed by atoms with Gasteiger partial charge in [0.1, 0.15) is 0 Å². The minimum Gasteiger partial charge on any atom is -0.503 e. The molecule has 21 heavy (non-hydrogen) atoms. The molecule has 1 heterocycles. The Morgan fingerprint density at radius 3 is 2.62 bits per heavy atom. The molecule has 1 fully saturated rings. The SMILES string of the molecule is COc1cc(CNC2CCN(C(C)C)CC2)cc(Br)c1O. The number of phenols is 1. The molecule has 1 aromatic rings. The third-order valence-electron chi connectivity index (χ3n) is 4.16. The molecule has 5 heteroatoms. The molecule has 0 unspecified atom stereocenters. The zero-order valence-corrected chi connectivity index (χ0v) is 14.6. The molecule has 0 amide bonds. The normalized spacial score (nSPS) is 17.4. The van der Waals surface area contributed by atoms with Gasteiger partial charge in [-0.25, -0.2) is 0 Å². The van der Waals surface area contributed by atoms with Gasteiger partial charge in [-0.15, -0.1) is 0 Å². The van der Waals surface area contributed by atoms with Gasteiger partial charge < -0.3 is 20.1 Å². The molecule has 0 bridgehead atoms. The number of phenolic OH excluding ortho intramolecular Hbond substituents is 1. The quantitative estimate of drug-likeness (QED) is 0.850. The molecule has 0 aliphatic carbocycles. The number of piperidine rings is 1. The van der Waals surface area contributed by atoms with Gasteiger partial charge in [-0.1, -0.05) is 0 Å². The number of nitrogens with zero attached hydrogens (tertiary/aromatic N) is 1. The molecular formula is C16H25BrN2O2. The first-order valence-corrected chi connectivity index (χ1v) is 8.33. The molecule has 0 spiro atoms.